The molecule has 0 aliphatic carbocycles. The van der Waals surface area contributed by atoms with Crippen molar-refractivity contribution in [2.75, 3.05) is 6.26 Å². The first-order valence-electron chi connectivity index (χ1n) is 5.88. The van der Waals surface area contributed by atoms with Crippen LogP contribution in [0.2, 0.25) is 10.3 Å². The minimum absolute atomic E-state index is 0.0205. The van der Waals surface area contributed by atoms with Crippen molar-refractivity contribution in [3.63, 3.8) is 0 Å². The van der Waals surface area contributed by atoms with Crippen molar-refractivity contribution in [1.29, 1.82) is 0 Å². The normalized spacial score (nSPS) is 13.2. The number of sulfone groups is 1. The maximum absolute atomic E-state index is 12.9. The Labute approximate surface area is 131 Å². The molecule has 2 rings (SSSR count). The van der Waals surface area contributed by atoms with E-state index in [0.29, 0.717) is 11.1 Å². The van der Waals surface area contributed by atoms with Gasteiger partial charge in [-0.05, 0) is 24.6 Å². The van der Waals surface area contributed by atoms with Gasteiger partial charge in [-0.3, -0.25) is 0 Å². The molecule has 1 aromatic heterocycles. The summed E-state index contributed by atoms with van der Waals surface area (Å²) in [5, 5.41) is -0.881. The van der Waals surface area contributed by atoms with Gasteiger partial charge in [-0.25, -0.2) is 22.8 Å². The molecule has 0 aliphatic heterocycles. The van der Waals surface area contributed by atoms with Gasteiger partial charge in [0, 0.05) is 6.26 Å². The van der Waals surface area contributed by atoms with Crippen molar-refractivity contribution < 1.29 is 12.8 Å². The Balaban J connectivity index is 2.55. The van der Waals surface area contributed by atoms with Crippen molar-refractivity contribution in [2.24, 2.45) is 0 Å². The standard InChI is InChI=1S/C13H11Cl2FN2O2S/c1-7(21(2,19)20)13-17-11(14)10(12(15)18-13)8-3-5-9(16)6-4-8/h3-7H,1-2H3. The fourth-order valence-electron chi connectivity index (χ4n) is 1.65. The maximum atomic E-state index is 12.9. The van der Waals surface area contributed by atoms with E-state index >= 15 is 0 Å². The van der Waals surface area contributed by atoms with Crippen LogP contribution in [0, 0.1) is 5.82 Å². The molecule has 0 bridgehead atoms. The molecule has 0 spiro atoms. The number of hydrogen-bond donors (Lipinski definition) is 0. The lowest BCUT2D eigenvalue weighted by Gasteiger charge is -2.12. The van der Waals surface area contributed by atoms with Crippen LogP contribution in [0.1, 0.15) is 18.0 Å². The Kier molecular flexibility index (Phi) is 4.51. The van der Waals surface area contributed by atoms with Crippen molar-refractivity contribution >= 4 is 33.0 Å². The van der Waals surface area contributed by atoms with E-state index in [2.05, 4.69) is 9.97 Å². The molecular formula is C13H11Cl2FN2O2S. The van der Waals surface area contributed by atoms with Gasteiger partial charge in [-0.15, -0.1) is 0 Å². The maximum Gasteiger partial charge on any atom is 0.157 e. The zero-order valence-electron chi connectivity index (χ0n) is 11.1. The Morgan fingerprint density at radius 1 is 1.10 bits per heavy atom. The van der Waals surface area contributed by atoms with Crippen LogP contribution in [0.25, 0.3) is 11.1 Å². The van der Waals surface area contributed by atoms with Crippen LogP contribution in [0.3, 0.4) is 0 Å². The molecule has 0 amide bonds. The first-order chi connectivity index (χ1) is 9.70. The summed E-state index contributed by atoms with van der Waals surface area (Å²) in [5.74, 6) is -0.368. The third-order valence-corrected chi connectivity index (χ3v) is 5.02. The van der Waals surface area contributed by atoms with Gasteiger partial charge in [0.2, 0.25) is 0 Å². The monoisotopic (exact) mass is 348 g/mol. The smallest absolute Gasteiger partial charge is 0.157 e. The van der Waals surface area contributed by atoms with Crippen LogP contribution in [-0.2, 0) is 9.84 Å². The summed E-state index contributed by atoms with van der Waals surface area (Å²) in [7, 11) is -3.36. The molecular weight excluding hydrogens is 338 g/mol. The molecule has 0 N–H and O–H groups in total. The van der Waals surface area contributed by atoms with Crippen LogP contribution < -0.4 is 0 Å². The second-order valence-corrected chi connectivity index (χ2v) is 7.60. The van der Waals surface area contributed by atoms with Gasteiger partial charge in [0.25, 0.3) is 0 Å². The highest BCUT2D eigenvalue weighted by Crippen LogP contribution is 2.34. The molecule has 1 aromatic carbocycles. The van der Waals surface area contributed by atoms with Gasteiger partial charge in [0.15, 0.2) is 9.84 Å². The average Bonchev–Trinajstić information content (AvgIpc) is 2.38. The first-order valence-corrected chi connectivity index (χ1v) is 8.59. The average molecular weight is 349 g/mol. The van der Waals surface area contributed by atoms with Crippen molar-refractivity contribution in [1.82, 2.24) is 9.97 Å². The number of halogens is 3. The van der Waals surface area contributed by atoms with Gasteiger partial charge in [-0.1, -0.05) is 35.3 Å². The van der Waals surface area contributed by atoms with Crippen LogP contribution in [-0.4, -0.2) is 24.6 Å². The Morgan fingerprint density at radius 2 is 1.57 bits per heavy atom. The van der Waals surface area contributed by atoms with Crippen LogP contribution in [0.15, 0.2) is 24.3 Å². The number of hydrogen-bond acceptors (Lipinski definition) is 4. The van der Waals surface area contributed by atoms with E-state index in [9.17, 15) is 12.8 Å². The molecule has 2 aromatic rings. The molecule has 112 valence electrons. The predicted octanol–water partition coefficient (Wildman–Crippen LogP) is 3.70. The SMILES string of the molecule is CC(c1nc(Cl)c(-c2ccc(F)cc2)c(Cl)n1)S(C)(=O)=O. The van der Waals surface area contributed by atoms with E-state index in [0.717, 1.165) is 6.26 Å². The number of benzene rings is 1. The van der Waals surface area contributed by atoms with Crippen molar-refractivity contribution in [2.45, 2.75) is 12.2 Å². The minimum atomic E-state index is -3.36. The molecule has 0 saturated heterocycles. The van der Waals surface area contributed by atoms with Crippen molar-refractivity contribution in [3.05, 3.63) is 46.2 Å². The van der Waals surface area contributed by atoms with E-state index in [1.54, 1.807) is 0 Å². The summed E-state index contributed by atoms with van der Waals surface area (Å²) in [6, 6.07) is 5.50. The highest BCUT2D eigenvalue weighted by molar-refractivity contribution is 7.90. The zero-order chi connectivity index (χ0) is 15.8. The Bertz CT molecular complexity index is 756. The summed E-state index contributed by atoms with van der Waals surface area (Å²) in [6.07, 6.45) is 1.08. The van der Waals surface area contributed by atoms with E-state index in [1.165, 1.54) is 31.2 Å². The molecule has 1 unspecified atom stereocenters. The van der Waals surface area contributed by atoms with Crippen LogP contribution in [0.5, 0.6) is 0 Å². The van der Waals surface area contributed by atoms with Gasteiger partial charge in [0.05, 0.1) is 5.56 Å². The molecule has 0 fully saturated rings. The van der Waals surface area contributed by atoms with E-state index in [-0.39, 0.29) is 16.1 Å². The highest BCUT2D eigenvalue weighted by Gasteiger charge is 2.23. The fourth-order valence-corrected chi connectivity index (χ4v) is 2.76. The molecule has 21 heavy (non-hydrogen) atoms. The highest BCUT2D eigenvalue weighted by atomic mass is 35.5. The summed E-state index contributed by atoms with van der Waals surface area (Å²) >= 11 is 12.2. The summed E-state index contributed by atoms with van der Waals surface area (Å²) in [6.45, 7) is 1.45. The first kappa shape index (κ1) is 16.1. The van der Waals surface area contributed by atoms with E-state index in [4.69, 9.17) is 23.2 Å². The fraction of sp³-hybridized carbons (Fsp3) is 0.231. The molecule has 1 heterocycles. The third-order valence-electron chi connectivity index (χ3n) is 2.98. The largest absolute Gasteiger partial charge is 0.228 e. The number of nitrogens with zero attached hydrogens (tertiary/aromatic N) is 2. The van der Waals surface area contributed by atoms with Crippen LogP contribution in [0.4, 0.5) is 4.39 Å². The topological polar surface area (TPSA) is 59.9 Å². The van der Waals surface area contributed by atoms with Gasteiger partial charge >= 0.3 is 0 Å². The summed E-state index contributed by atoms with van der Waals surface area (Å²) in [5.41, 5.74) is 0.882. The van der Waals surface area contributed by atoms with E-state index < -0.39 is 20.9 Å². The van der Waals surface area contributed by atoms with Crippen LogP contribution >= 0.6 is 23.2 Å². The van der Waals surface area contributed by atoms with Crippen molar-refractivity contribution in [3.8, 4) is 11.1 Å². The quantitative estimate of drug-likeness (QED) is 0.793. The molecule has 0 aliphatic rings. The Morgan fingerprint density at radius 3 is 2.00 bits per heavy atom. The second-order valence-electron chi connectivity index (χ2n) is 4.52. The molecule has 4 nitrogen and oxygen atoms in total. The van der Waals surface area contributed by atoms with Gasteiger partial charge in [-0.2, -0.15) is 0 Å². The molecule has 0 saturated carbocycles. The molecule has 0 radical (unpaired) electrons. The van der Waals surface area contributed by atoms with Gasteiger partial charge in [0.1, 0.15) is 27.2 Å². The predicted molar refractivity (Wildman–Crippen MR) is 80.7 cm³/mol. The third kappa shape index (κ3) is 3.51. The minimum Gasteiger partial charge on any atom is -0.228 e. The zero-order valence-corrected chi connectivity index (χ0v) is 13.5. The second kappa shape index (κ2) is 5.87. The summed E-state index contributed by atoms with van der Waals surface area (Å²) < 4.78 is 36.0. The summed E-state index contributed by atoms with van der Waals surface area (Å²) in [4.78, 5) is 7.99. The lowest BCUT2D eigenvalue weighted by Crippen LogP contribution is -2.12. The number of aromatic nitrogens is 2. The lowest BCUT2D eigenvalue weighted by molar-refractivity contribution is 0.589. The molecule has 1 atom stereocenters. The van der Waals surface area contributed by atoms with Gasteiger partial charge < -0.3 is 0 Å². The molecule has 8 heteroatoms. The number of rotatable bonds is 3. The lowest BCUT2D eigenvalue weighted by atomic mass is 10.1. The Hall–Kier alpha value is -1.24. The van der Waals surface area contributed by atoms with E-state index in [1.807, 2.05) is 0 Å².